The van der Waals surface area contributed by atoms with E-state index in [9.17, 15) is 14.9 Å². The van der Waals surface area contributed by atoms with Crippen LogP contribution in [-0.2, 0) is 4.74 Å². The first kappa shape index (κ1) is 17.4. The second kappa shape index (κ2) is 7.62. The van der Waals surface area contributed by atoms with Gasteiger partial charge in [-0.15, -0.1) is 0 Å². The average molecular weight is 365 g/mol. The number of aromatic nitrogens is 1. The molecule has 0 bridgehead atoms. The maximum atomic E-state index is 12.0. The Morgan fingerprint density at radius 3 is 2.84 bits per heavy atom. The smallest absolute Gasteiger partial charge is 0.317 e. The number of nitrogens with one attached hydrogen (secondary N) is 1. The normalized spacial score (nSPS) is 14.8. The van der Waals surface area contributed by atoms with Crippen LogP contribution in [0.5, 0.6) is 0 Å². The molecular formula is C15H19N5O4S. The highest BCUT2D eigenvalue weighted by atomic mass is 32.1. The molecule has 9 nitrogen and oxygen atoms in total. The topological polar surface area (TPSA) is 101 Å². The quantitative estimate of drug-likeness (QED) is 0.491. The molecule has 1 fully saturated rings. The Morgan fingerprint density at radius 2 is 2.16 bits per heavy atom. The van der Waals surface area contributed by atoms with Gasteiger partial charge in [-0.2, -0.15) is 0 Å². The lowest BCUT2D eigenvalue weighted by Crippen LogP contribution is -2.52. The second-order valence-corrected chi connectivity index (χ2v) is 6.61. The predicted octanol–water partition coefficient (Wildman–Crippen LogP) is 1.68. The van der Waals surface area contributed by atoms with Gasteiger partial charge in [-0.1, -0.05) is 11.3 Å². The fourth-order valence-electron chi connectivity index (χ4n) is 2.62. The van der Waals surface area contributed by atoms with Gasteiger partial charge in [-0.05, 0) is 6.07 Å². The zero-order chi connectivity index (χ0) is 17.8. The number of benzene rings is 1. The molecule has 0 saturated carbocycles. The van der Waals surface area contributed by atoms with E-state index < -0.39 is 4.92 Å². The van der Waals surface area contributed by atoms with Gasteiger partial charge in [-0.3, -0.25) is 10.1 Å². The van der Waals surface area contributed by atoms with Crippen molar-refractivity contribution < 1.29 is 14.5 Å². The van der Waals surface area contributed by atoms with Crippen LogP contribution in [0.4, 0.5) is 15.6 Å². The number of anilines is 1. The number of urea groups is 1. The first-order valence-corrected chi connectivity index (χ1v) is 8.72. The van der Waals surface area contributed by atoms with E-state index in [0.29, 0.717) is 39.3 Å². The standard InChI is InChI=1S/C15H19N5O4S/c1-24-9-4-16-14(21)18-5-7-19(8-6-18)15-17-12-3-2-11(20(22)23)10-13(12)25-15/h2-3,10H,4-9H2,1H3,(H,16,21). The molecule has 1 saturated heterocycles. The number of piperazine rings is 1. The van der Waals surface area contributed by atoms with E-state index in [0.717, 1.165) is 15.3 Å². The molecule has 1 aromatic carbocycles. The van der Waals surface area contributed by atoms with Crippen LogP contribution in [0.15, 0.2) is 18.2 Å². The van der Waals surface area contributed by atoms with Gasteiger partial charge >= 0.3 is 6.03 Å². The number of amides is 2. The van der Waals surface area contributed by atoms with Crippen molar-refractivity contribution in [2.75, 3.05) is 51.3 Å². The number of rotatable bonds is 5. The van der Waals surface area contributed by atoms with Gasteiger partial charge in [0.05, 0.1) is 21.7 Å². The maximum Gasteiger partial charge on any atom is 0.317 e. The number of nitro benzene ring substituents is 1. The highest BCUT2D eigenvalue weighted by Crippen LogP contribution is 2.31. The van der Waals surface area contributed by atoms with Crippen LogP contribution < -0.4 is 10.2 Å². The molecule has 3 rings (SSSR count). The van der Waals surface area contributed by atoms with Crippen LogP contribution in [0.1, 0.15) is 0 Å². The van der Waals surface area contributed by atoms with E-state index in [-0.39, 0.29) is 11.7 Å². The van der Waals surface area contributed by atoms with Gasteiger partial charge in [0.1, 0.15) is 0 Å². The van der Waals surface area contributed by atoms with Crippen molar-refractivity contribution in [3.8, 4) is 0 Å². The Labute approximate surface area is 148 Å². The number of nitrogens with zero attached hydrogens (tertiary/aromatic N) is 4. The van der Waals surface area contributed by atoms with E-state index in [2.05, 4.69) is 15.2 Å². The summed E-state index contributed by atoms with van der Waals surface area (Å²) in [5.74, 6) is 0. The van der Waals surface area contributed by atoms with E-state index in [4.69, 9.17) is 4.74 Å². The zero-order valence-corrected chi connectivity index (χ0v) is 14.6. The molecular weight excluding hydrogens is 346 g/mol. The lowest BCUT2D eigenvalue weighted by molar-refractivity contribution is -0.384. The van der Waals surface area contributed by atoms with E-state index in [1.165, 1.54) is 17.4 Å². The molecule has 2 heterocycles. The minimum atomic E-state index is -0.403. The van der Waals surface area contributed by atoms with Crippen molar-refractivity contribution in [2.24, 2.45) is 0 Å². The number of methoxy groups -OCH3 is 1. The van der Waals surface area contributed by atoms with Gasteiger partial charge in [0.15, 0.2) is 5.13 Å². The van der Waals surface area contributed by atoms with Crippen molar-refractivity contribution >= 4 is 38.4 Å². The van der Waals surface area contributed by atoms with Crippen molar-refractivity contribution in [3.05, 3.63) is 28.3 Å². The van der Waals surface area contributed by atoms with Crippen LogP contribution in [0.2, 0.25) is 0 Å². The minimum absolute atomic E-state index is 0.0697. The molecule has 25 heavy (non-hydrogen) atoms. The first-order valence-electron chi connectivity index (χ1n) is 7.90. The number of ether oxygens (including phenoxy) is 1. The summed E-state index contributed by atoms with van der Waals surface area (Å²) in [6.07, 6.45) is 0. The molecule has 2 aromatic rings. The van der Waals surface area contributed by atoms with Gasteiger partial charge in [0.2, 0.25) is 0 Å². The number of carbonyl (C=O) groups is 1. The van der Waals surface area contributed by atoms with Gasteiger partial charge in [0, 0.05) is 52.0 Å². The molecule has 134 valence electrons. The predicted molar refractivity (Wildman–Crippen MR) is 95.3 cm³/mol. The Hall–Kier alpha value is -2.46. The summed E-state index contributed by atoms with van der Waals surface area (Å²) in [6.45, 7) is 3.55. The van der Waals surface area contributed by atoms with Crippen molar-refractivity contribution in [3.63, 3.8) is 0 Å². The largest absolute Gasteiger partial charge is 0.383 e. The molecule has 1 aliphatic rings. The monoisotopic (exact) mass is 365 g/mol. The molecule has 1 aromatic heterocycles. The third-order valence-electron chi connectivity index (χ3n) is 3.99. The summed E-state index contributed by atoms with van der Waals surface area (Å²) in [5.41, 5.74) is 0.825. The van der Waals surface area contributed by atoms with Crippen LogP contribution in [0.3, 0.4) is 0 Å². The number of hydrogen-bond acceptors (Lipinski definition) is 7. The SMILES string of the molecule is COCCNC(=O)N1CCN(c2nc3ccc([N+](=O)[O-])cc3s2)CC1. The van der Waals surface area contributed by atoms with E-state index in [1.807, 2.05) is 0 Å². The van der Waals surface area contributed by atoms with Crippen molar-refractivity contribution in [2.45, 2.75) is 0 Å². The maximum absolute atomic E-state index is 12.0. The summed E-state index contributed by atoms with van der Waals surface area (Å²) in [6, 6.07) is 4.61. The lowest BCUT2D eigenvalue weighted by Gasteiger charge is -2.34. The molecule has 0 atom stereocenters. The van der Waals surface area contributed by atoms with Crippen LogP contribution in [0, 0.1) is 10.1 Å². The lowest BCUT2D eigenvalue weighted by atomic mass is 10.3. The van der Waals surface area contributed by atoms with Crippen molar-refractivity contribution in [1.82, 2.24) is 15.2 Å². The first-order chi connectivity index (χ1) is 12.1. The molecule has 1 aliphatic heterocycles. The number of thiazole rings is 1. The summed E-state index contributed by atoms with van der Waals surface area (Å²) in [5, 5.41) is 14.5. The number of nitro groups is 1. The second-order valence-electron chi connectivity index (χ2n) is 5.60. The molecule has 2 amide bonds. The van der Waals surface area contributed by atoms with E-state index in [1.54, 1.807) is 24.1 Å². The Kier molecular flexibility index (Phi) is 5.29. The summed E-state index contributed by atoms with van der Waals surface area (Å²) >= 11 is 1.44. The molecule has 0 aliphatic carbocycles. The molecule has 1 N–H and O–H groups in total. The summed E-state index contributed by atoms with van der Waals surface area (Å²) in [7, 11) is 1.59. The number of carbonyl (C=O) groups excluding carboxylic acids is 1. The molecule has 0 radical (unpaired) electrons. The molecule has 0 unspecified atom stereocenters. The number of hydrogen-bond donors (Lipinski definition) is 1. The fraction of sp³-hybridized carbons (Fsp3) is 0.467. The number of non-ortho nitro benzene ring substituents is 1. The van der Waals surface area contributed by atoms with Crippen LogP contribution in [-0.4, -0.2) is 67.3 Å². The van der Waals surface area contributed by atoms with Gasteiger partial charge in [0.25, 0.3) is 5.69 Å². The highest BCUT2D eigenvalue weighted by molar-refractivity contribution is 7.22. The third kappa shape index (κ3) is 3.97. The zero-order valence-electron chi connectivity index (χ0n) is 13.8. The third-order valence-corrected chi connectivity index (χ3v) is 5.07. The molecule has 10 heteroatoms. The van der Waals surface area contributed by atoms with Crippen LogP contribution in [0.25, 0.3) is 10.2 Å². The number of fused-ring (bicyclic) bond motifs is 1. The van der Waals surface area contributed by atoms with Crippen LogP contribution >= 0.6 is 11.3 Å². The summed E-state index contributed by atoms with van der Waals surface area (Å²) < 4.78 is 5.71. The fourth-order valence-corrected chi connectivity index (χ4v) is 3.67. The average Bonchev–Trinajstić information content (AvgIpc) is 3.05. The Bertz CT molecular complexity index is 772. The molecule has 0 spiro atoms. The van der Waals surface area contributed by atoms with Crippen molar-refractivity contribution in [1.29, 1.82) is 0 Å². The van der Waals surface area contributed by atoms with Gasteiger partial charge in [-0.25, -0.2) is 9.78 Å². The van der Waals surface area contributed by atoms with Gasteiger partial charge < -0.3 is 19.9 Å². The minimum Gasteiger partial charge on any atom is -0.383 e. The summed E-state index contributed by atoms with van der Waals surface area (Å²) in [4.78, 5) is 30.9. The Morgan fingerprint density at radius 1 is 1.40 bits per heavy atom. The van der Waals surface area contributed by atoms with E-state index >= 15 is 0 Å². The Balaban J connectivity index is 1.62. The highest BCUT2D eigenvalue weighted by Gasteiger charge is 2.23.